The van der Waals surface area contributed by atoms with Crippen LogP contribution in [0.3, 0.4) is 0 Å². The van der Waals surface area contributed by atoms with Gasteiger partial charge >= 0.3 is 0 Å². The Morgan fingerprint density at radius 3 is 2.43 bits per heavy atom. The summed E-state index contributed by atoms with van der Waals surface area (Å²) in [5.41, 5.74) is 4.92. The van der Waals surface area contributed by atoms with Crippen molar-refractivity contribution in [1.82, 2.24) is 19.9 Å². The number of pyridine rings is 1. The summed E-state index contributed by atoms with van der Waals surface area (Å²) >= 11 is 0. The van der Waals surface area contributed by atoms with Crippen LogP contribution in [-0.2, 0) is 19.5 Å². The molecule has 5 heteroatoms. The first kappa shape index (κ1) is 19.2. The van der Waals surface area contributed by atoms with Crippen LogP contribution in [0.25, 0.3) is 11.4 Å². The molecule has 0 atom stereocenters. The molecule has 5 rings (SSSR count). The quantitative estimate of drug-likeness (QED) is 0.647. The highest BCUT2D eigenvalue weighted by atomic mass is 15.2. The number of benzene rings is 1. The third kappa shape index (κ3) is 4.21. The first-order valence-electron chi connectivity index (χ1n) is 11.2. The van der Waals surface area contributed by atoms with Crippen LogP contribution in [0.5, 0.6) is 0 Å². The highest BCUT2D eigenvalue weighted by molar-refractivity contribution is 5.61. The highest BCUT2D eigenvalue weighted by Gasteiger charge is 2.26. The van der Waals surface area contributed by atoms with Crippen molar-refractivity contribution in [1.29, 1.82) is 0 Å². The maximum absolute atomic E-state index is 5.14. The van der Waals surface area contributed by atoms with Gasteiger partial charge in [0.05, 0.1) is 5.69 Å². The summed E-state index contributed by atoms with van der Waals surface area (Å²) in [6.07, 6.45) is 9.92. The first-order valence-corrected chi connectivity index (χ1v) is 11.2. The molecular formula is C25H29N5. The van der Waals surface area contributed by atoms with E-state index >= 15 is 0 Å². The molecule has 0 saturated carbocycles. The summed E-state index contributed by atoms with van der Waals surface area (Å²) in [6, 6.07) is 14.6. The van der Waals surface area contributed by atoms with Crippen LogP contribution < -0.4 is 4.90 Å². The third-order valence-electron chi connectivity index (χ3n) is 6.18. The Labute approximate surface area is 178 Å². The molecule has 0 radical (unpaired) electrons. The number of aromatic nitrogens is 3. The average Bonchev–Trinajstić information content (AvgIpc) is 3.09. The summed E-state index contributed by atoms with van der Waals surface area (Å²) in [7, 11) is 0. The van der Waals surface area contributed by atoms with E-state index in [1.165, 1.54) is 42.5 Å². The molecule has 2 aliphatic heterocycles. The fourth-order valence-electron chi connectivity index (χ4n) is 4.60. The number of rotatable bonds is 4. The zero-order chi connectivity index (χ0) is 20.2. The molecule has 0 unspecified atom stereocenters. The number of hydrogen-bond acceptors (Lipinski definition) is 5. The largest absolute Gasteiger partial charge is 0.356 e. The number of fused-ring (bicyclic) bond motifs is 1. The molecule has 5 nitrogen and oxygen atoms in total. The molecule has 4 heterocycles. The van der Waals surface area contributed by atoms with E-state index in [0.29, 0.717) is 0 Å². The lowest BCUT2D eigenvalue weighted by molar-refractivity contribution is 0.243. The smallest absolute Gasteiger partial charge is 0.161 e. The molecule has 0 spiro atoms. The van der Waals surface area contributed by atoms with Crippen molar-refractivity contribution in [3.8, 4) is 11.4 Å². The summed E-state index contributed by atoms with van der Waals surface area (Å²) in [4.78, 5) is 19.5. The molecule has 0 bridgehead atoms. The summed E-state index contributed by atoms with van der Waals surface area (Å²) < 4.78 is 0. The van der Waals surface area contributed by atoms with Crippen molar-refractivity contribution in [2.24, 2.45) is 0 Å². The van der Waals surface area contributed by atoms with E-state index in [9.17, 15) is 0 Å². The van der Waals surface area contributed by atoms with Crippen LogP contribution in [0.2, 0.25) is 0 Å². The molecule has 0 aliphatic carbocycles. The van der Waals surface area contributed by atoms with Gasteiger partial charge in [-0.2, -0.15) is 0 Å². The normalized spacial score (nSPS) is 17.4. The van der Waals surface area contributed by atoms with Crippen molar-refractivity contribution >= 4 is 5.82 Å². The minimum Gasteiger partial charge on any atom is -0.356 e. The number of hydrogen-bond donors (Lipinski definition) is 0. The van der Waals surface area contributed by atoms with Crippen LogP contribution in [0.15, 0.2) is 54.9 Å². The van der Waals surface area contributed by atoms with Crippen LogP contribution in [0.4, 0.5) is 5.82 Å². The van der Waals surface area contributed by atoms with E-state index in [1.54, 1.807) is 0 Å². The molecular weight excluding hydrogens is 370 g/mol. The Morgan fingerprint density at radius 2 is 1.67 bits per heavy atom. The van der Waals surface area contributed by atoms with E-state index in [2.05, 4.69) is 45.1 Å². The molecule has 1 fully saturated rings. The Balaban J connectivity index is 1.50. The number of anilines is 1. The van der Waals surface area contributed by atoms with Crippen molar-refractivity contribution in [3.63, 3.8) is 0 Å². The monoisotopic (exact) mass is 399 g/mol. The molecule has 0 N–H and O–H groups in total. The molecule has 1 saturated heterocycles. The minimum atomic E-state index is 0.870. The maximum atomic E-state index is 5.14. The van der Waals surface area contributed by atoms with Crippen LogP contribution in [-0.4, -0.2) is 39.5 Å². The fourth-order valence-corrected chi connectivity index (χ4v) is 4.60. The van der Waals surface area contributed by atoms with Gasteiger partial charge in [0.25, 0.3) is 0 Å². The second-order valence-corrected chi connectivity index (χ2v) is 8.39. The Hall–Kier alpha value is -2.79. The molecule has 1 aromatic carbocycles. The summed E-state index contributed by atoms with van der Waals surface area (Å²) in [5.74, 6) is 2.03. The van der Waals surface area contributed by atoms with Crippen LogP contribution >= 0.6 is 0 Å². The highest BCUT2D eigenvalue weighted by Crippen LogP contribution is 2.31. The van der Waals surface area contributed by atoms with Crippen molar-refractivity contribution in [2.75, 3.05) is 24.5 Å². The van der Waals surface area contributed by atoms with Gasteiger partial charge in [-0.15, -0.1) is 0 Å². The molecule has 30 heavy (non-hydrogen) atoms. The predicted octanol–water partition coefficient (Wildman–Crippen LogP) is 4.48. The molecule has 154 valence electrons. The molecule has 2 aromatic heterocycles. The van der Waals surface area contributed by atoms with E-state index in [-0.39, 0.29) is 0 Å². The van der Waals surface area contributed by atoms with Gasteiger partial charge in [-0.3, -0.25) is 9.88 Å². The maximum Gasteiger partial charge on any atom is 0.161 e. The lowest BCUT2D eigenvalue weighted by atomic mass is 10.0. The Morgan fingerprint density at radius 1 is 0.833 bits per heavy atom. The van der Waals surface area contributed by atoms with E-state index < -0.39 is 0 Å². The average molecular weight is 400 g/mol. The lowest BCUT2D eigenvalue weighted by Crippen LogP contribution is -2.34. The molecule has 0 amide bonds. The summed E-state index contributed by atoms with van der Waals surface area (Å²) in [5, 5.41) is 0. The zero-order valence-electron chi connectivity index (χ0n) is 17.5. The Bertz CT molecular complexity index is 966. The van der Waals surface area contributed by atoms with Gasteiger partial charge < -0.3 is 4.90 Å². The van der Waals surface area contributed by atoms with E-state index in [1.807, 2.05) is 24.5 Å². The SMILES string of the molecule is c1ccc(-c2nc3c(c(N4CCCCCC4)n2)CN(Cc2cccnc2)CC3)cc1. The van der Waals surface area contributed by atoms with Gasteiger partial charge in [0.1, 0.15) is 5.82 Å². The van der Waals surface area contributed by atoms with Gasteiger partial charge in [0.2, 0.25) is 0 Å². The second kappa shape index (κ2) is 8.92. The van der Waals surface area contributed by atoms with Crippen molar-refractivity contribution in [2.45, 2.75) is 45.2 Å². The van der Waals surface area contributed by atoms with Gasteiger partial charge in [0.15, 0.2) is 5.82 Å². The van der Waals surface area contributed by atoms with Crippen LogP contribution in [0.1, 0.15) is 42.5 Å². The molecule has 2 aliphatic rings. The minimum absolute atomic E-state index is 0.870. The topological polar surface area (TPSA) is 45.2 Å². The molecule has 3 aromatic rings. The fraction of sp³-hybridized carbons (Fsp3) is 0.400. The van der Waals surface area contributed by atoms with Crippen LogP contribution in [0, 0.1) is 0 Å². The van der Waals surface area contributed by atoms with E-state index in [0.717, 1.165) is 56.4 Å². The van der Waals surface area contributed by atoms with Gasteiger partial charge in [0, 0.05) is 62.7 Å². The number of nitrogens with zero attached hydrogens (tertiary/aromatic N) is 5. The van der Waals surface area contributed by atoms with Gasteiger partial charge in [-0.05, 0) is 24.5 Å². The third-order valence-corrected chi connectivity index (χ3v) is 6.18. The zero-order valence-corrected chi connectivity index (χ0v) is 17.5. The van der Waals surface area contributed by atoms with Gasteiger partial charge in [-0.1, -0.05) is 49.2 Å². The Kier molecular flexibility index (Phi) is 5.71. The lowest BCUT2D eigenvalue weighted by Gasteiger charge is -2.32. The van der Waals surface area contributed by atoms with Crippen molar-refractivity contribution in [3.05, 3.63) is 71.7 Å². The predicted molar refractivity (Wildman–Crippen MR) is 120 cm³/mol. The standard InChI is InChI=1S/C25H29N5/c1-2-7-15-30(14-6-1)25-22-19-29(18-20-9-8-13-26-17-20)16-12-23(22)27-24(28-25)21-10-4-3-5-11-21/h3-5,8-11,13,17H,1-2,6-7,12,14-16,18-19H2. The van der Waals surface area contributed by atoms with Crippen molar-refractivity contribution < 1.29 is 0 Å². The first-order chi connectivity index (χ1) is 14.9. The van der Waals surface area contributed by atoms with E-state index in [4.69, 9.17) is 9.97 Å². The summed E-state index contributed by atoms with van der Waals surface area (Å²) in [6.45, 7) is 5.05. The van der Waals surface area contributed by atoms with Gasteiger partial charge in [-0.25, -0.2) is 9.97 Å². The second-order valence-electron chi connectivity index (χ2n) is 8.39.